The Balaban J connectivity index is 1.80. The third-order valence-electron chi connectivity index (χ3n) is 3.93. The van der Waals surface area contributed by atoms with Crippen molar-refractivity contribution in [3.63, 3.8) is 0 Å². The minimum Gasteiger partial charge on any atom is -0.310 e. The molecule has 1 aliphatic rings. The average molecular weight is 325 g/mol. The highest BCUT2D eigenvalue weighted by atomic mass is 79.9. The summed E-state index contributed by atoms with van der Waals surface area (Å²) in [5, 5.41) is 3.79. The average Bonchev–Trinajstić information content (AvgIpc) is 2.41. The van der Waals surface area contributed by atoms with Crippen molar-refractivity contribution in [3.05, 3.63) is 34.3 Å². The minimum absolute atomic E-state index is 0.544. The molecule has 0 aromatic heterocycles. The van der Waals surface area contributed by atoms with Gasteiger partial charge in [-0.2, -0.15) is 0 Å². The van der Waals surface area contributed by atoms with Crippen LogP contribution in [0.15, 0.2) is 28.7 Å². The van der Waals surface area contributed by atoms with E-state index in [1.807, 2.05) is 0 Å². The Morgan fingerprint density at radius 1 is 1.37 bits per heavy atom. The molecule has 1 aliphatic heterocycles. The maximum atomic E-state index is 3.79. The molecule has 0 spiro atoms. The molecule has 0 aliphatic carbocycles. The van der Waals surface area contributed by atoms with Crippen molar-refractivity contribution in [1.82, 2.24) is 10.2 Å². The molecule has 0 bridgehead atoms. The molecule has 0 saturated carbocycles. The molecular weight excluding hydrogens is 300 g/mol. The maximum absolute atomic E-state index is 3.79. The van der Waals surface area contributed by atoms with Gasteiger partial charge in [0.1, 0.15) is 0 Å². The van der Waals surface area contributed by atoms with Gasteiger partial charge in [-0.15, -0.1) is 0 Å². The number of likely N-dealkylation sites (tertiary alicyclic amines) is 1. The molecule has 2 atom stereocenters. The molecule has 2 rings (SSSR count). The Morgan fingerprint density at radius 3 is 2.79 bits per heavy atom. The summed E-state index contributed by atoms with van der Waals surface area (Å²) in [6.45, 7) is 8.22. The van der Waals surface area contributed by atoms with E-state index in [0.29, 0.717) is 12.1 Å². The van der Waals surface area contributed by atoms with Gasteiger partial charge in [0, 0.05) is 23.1 Å². The second kappa shape index (κ2) is 7.41. The summed E-state index contributed by atoms with van der Waals surface area (Å²) in [6.07, 6.45) is 3.76. The van der Waals surface area contributed by atoms with Crippen LogP contribution in [0.4, 0.5) is 0 Å². The quantitative estimate of drug-likeness (QED) is 0.892. The molecule has 2 unspecified atom stereocenters. The number of nitrogens with zero attached hydrogens (tertiary/aromatic N) is 1. The van der Waals surface area contributed by atoms with Crippen LogP contribution < -0.4 is 5.32 Å². The zero-order valence-electron chi connectivity index (χ0n) is 12.0. The summed E-state index contributed by atoms with van der Waals surface area (Å²) in [7, 11) is 0. The van der Waals surface area contributed by atoms with Crippen LogP contribution in [0.2, 0.25) is 0 Å². The Labute approximate surface area is 125 Å². The summed E-state index contributed by atoms with van der Waals surface area (Å²) in [6, 6.07) is 9.88. The predicted octanol–water partition coefficient (Wildman–Crippen LogP) is 3.45. The largest absolute Gasteiger partial charge is 0.310 e. The molecule has 1 saturated heterocycles. The number of rotatable bonds is 5. The summed E-state index contributed by atoms with van der Waals surface area (Å²) in [4.78, 5) is 2.55. The van der Waals surface area contributed by atoms with Crippen molar-refractivity contribution in [2.75, 3.05) is 19.6 Å². The monoisotopic (exact) mass is 324 g/mol. The highest BCUT2D eigenvalue weighted by molar-refractivity contribution is 9.10. The zero-order chi connectivity index (χ0) is 13.7. The SMILES string of the molecule is CCN1CCCC(NC(C)Cc2ccc(Br)cc2)C1. The van der Waals surface area contributed by atoms with Crippen molar-refractivity contribution >= 4 is 15.9 Å². The topological polar surface area (TPSA) is 15.3 Å². The van der Waals surface area contributed by atoms with Crippen molar-refractivity contribution in [3.8, 4) is 0 Å². The van der Waals surface area contributed by atoms with Crippen molar-refractivity contribution in [2.24, 2.45) is 0 Å². The van der Waals surface area contributed by atoms with E-state index in [1.165, 1.54) is 38.0 Å². The second-order valence-electron chi connectivity index (χ2n) is 5.63. The van der Waals surface area contributed by atoms with E-state index >= 15 is 0 Å². The number of benzene rings is 1. The van der Waals surface area contributed by atoms with Crippen LogP contribution in [0.3, 0.4) is 0 Å². The van der Waals surface area contributed by atoms with E-state index in [9.17, 15) is 0 Å². The lowest BCUT2D eigenvalue weighted by atomic mass is 10.0. The number of nitrogens with one attached hydrogen (secondary N) is 1. The number of halogens is 1. The summed E-state index contributed by atoms with van der Waals surface area (Å²) in [5.74, 6) is 0. The number of piperidine rings is 1. The smallest absolute Gasteiger partial charge is 0.0198 e. The summed E-state index contributed by atoms with van der Waals surface area (Å²) < 4.78 is 1.16. The highest BCUT2D eigenvalue weighted by Gasteiger charge is 2.19. The van der Waals surface area contributed by atoms with E-state index < -0.39 is 0 Å². The molecule has 1 aromatic rings. The first-order valence-corrected chi connectivity index (χ1v) is 8.19. The Morgan fingerprint density at radius 2 is 2.11 bits per heavy atom. The van der Waals surface area contributed by atoms with E-state index in [0.717, 1.165) is 10.9 Å². The van der Waals surface area contributed by atoms with Gasteiger partial charge in [-0.1, -0.05) is 35.0 Å². The molecular formula is C16H25BrN2. The molecule has 19 heavy (non-hydrogen) atoms. The van der Waals surface area contributed by atoms with Gasteiger partial charge in [-0.05, 0) is 57.0 Å². The van der Waals surface area contributed by atoms with Gasteiger partial charge in [-0.25, -0.2) is 0 Å². The molecule has 1 aromatic carbocycles. The van der Waals surface area contributed by atoms with E-state index in [4.69, 9.17) is 0 Å². The van der Waals surface area contributed by atoms with Gasteiger partial charge < -0.3 is 10.2 Å². The lowest BCUT2D eigenvalue weighted by Crippen LogP contribution is -2.48. The van der Waals surface area contributed by atoms with Crippen molar-refractivity contribution in [2.45, 2.75) is 45.2 Å². The highest BCUT2D eigenvalue weighted by Crippen LogP contribution is 2.14. The Hall–Kier alpha value is -0.380. The van der Waals surface area contributed by atoms with E-state index in [-0.39, 0.29) is 0 Å². The molecule has 1 N–H and O–H groups in total. The van der Waals surface area contributed by atoms with Crippen molar-refractivity contribution < 1.29 is 0 Å². The third-order valence-corrected chi connectivity index (χ3v) is 4.46. The van der Waals surface area contributed by atoms with E-state index in [1.54, 1.807) is 0 Å². The maximum Gasteiger partial charge on any atom is 0.0198 e. The van der Waals surface area contributed by atoms with Gasteiger partial charge in [0.15, 0.2) is 0 Å². The van der Waals surface area contributed by atoms with Gasteiger partial charge in [0.2, 0.25) is 0 Å². The summed E-state index contributed by atoms with van der Waals surface area (Å²) in [5.41, 5.74) is 1.41. The fourth-order valence-electron chi connectivity index (χ4n) is 2.91. The molecule has 0 amide bonds. The Kier molecular flexibility index (Phi) is 5.86. The fourth-order valence-corrected chi connectivity index (χ4v) is 3.18. The first-order valence-electron chi connectivity index (χ1n) is 7.40. The molecule has 2 nitrogen and oxygen atoms in total. The van der Waals surface area contributed by atoms with Crippen LogP contribution in [0.25, 0.3) is 0 Å². The van der Waals surface area contributed by atoms with Gasteiger partial charge >= 0.3 is 0 Å². The molecule has 1 heterocycles. The number of likely N-dealkylation sites (N-methyl/N-ethyl adjacent to an activating group) is 1. The predicted molar refractivity (Wildman–Crippen MR) is 85.6 cm³/mol. The molecule has 1 fully saturated rings. The number of hydrogen-bond acceptors (Lipinski definition) is 2. The first kappa shape index (κ1) is 15.0. The van der Waals surface area contributed by atoms with Crippen LogP contribution >= 0.6 is 15.9 Å². The van der Waals surface area contributed by atoms with Gasteiger partial charge in [0.05, 0.1) is 0 Å². The first-order chi connectivity index (χ1) is 9.17. The zero-order valence-corrected chi connectivity index (χ0v) is 13.6. The van der Waals surface area contributed by atoms with Crippen LogP contribution in [0.5, 0.6) is 0 Å². The molecule has 106 valence electrons. The van der Waals surface area contributed by atoms with Crippen LogP contribution in [0.1, 0.15) is 32.3 Å². The fraction of sp³-hybridized carbons (Fsp3) is 0.625. The lowest BCUT2D eigenvalue weighted by molar-refractivity contribution is 0.192. The minimum atomic E-state index is 0.544. The lowest BCUT2D eigenvalue weighted by Gasteiger charge is -2.34. The van der Waals surface area contributed by atoms with Crippen LogP contribution in [0, 0.1) is 0 Å². The number of hydrogen-bond donors (Lipinski definition) is 1. The van der Waals surface area contributed by atoms with Crippen LogP contribution in [-0.2, 0) is 6.42 Å². The van der Waals surface area contributed by atoms with Gasteiger partial charge in [-0.3, -0.25) is 0 Å². The van der Waals surface area contributed by atoms with Gasteiger partial charge in [0.25, 0.3) is 0 Å². The Bertz CT molecular complexity index is 377. The van der Waals surface area contributed by atoms with Crippen LogP contribution in [-0.4, -0.2) is 36.6 Å². The standard InChI is InChI=1S/C16H25BrN2/c1-3-19-10-4-5-16(12-19)18-13(2)11-14-6-8-15(17)9-7-14/h6-9,13,16,18H,3-5,10-12H2,1-2H3. The second-order valence-corrected chi connectivity index (χ2v) is 6.55. The molecule has 3 heteroatoms. The third kappa shape index (κ3) is 4.90. The van der Waals surface area contributed by atoms with E-state index in [2.05, 4.69) is 64.3 Å². The van der Waals surface area contributed by atoms with Crippen molar-refractivity contribution in [1.29, 1.82) is 0 Å². The summed E-state index contributed by atoms with van der Waals surface area (Å²) >= 11 is 3.48. The normalized spacial score (nSPS) is 22.4. The molecule has 0 radical (unpaired) electrons.